The number of rotatable bonds is 9. The van der Waals surface area contributed by atoms with Gasteiger partial charge in [0.1, 0.15) is 12.4 Å². The van der Waals surface area contributed by atoms with Crippen molar-refractivity contribution in [3.05, 3.63) is 90.4 Å². The molecule has 35 heavy (non-hydrogen) atoms. The van der Waals surface area contributed by atoms with Gasteiger partial charge >= 0.3 is 0 Å². The monoisotopic (exact) mass is 464 g/mol. The van der Waals surface area contributed by atoms with E-state index < -0.39 is 0 Å². The zero-order valence-corrected chi connectivity index (χ0v) is 20.0. The second-order valence-electron chi connectivity index (χ2n) is 8.83. The Kier molecular flexibility index (Phi) is 6.39. The second kappa shape index (κ2) is 9.93. The van der Waals surface area contributed by atoms with E-state index in [9.17, 15) is 0 Å². The number of aromatic amines is 1. The van der Waals surface area contributed by atoms with Crippen molar-refractivity contribution in [2.24, 2.45) is 0 Å². The van der Waals surface area contributed by atoms with Gasteiger partial charge in [-0.1, -0.05) is 43.7 Å². The van der Waals surface area contributed by atoms with Crippen LogP contribution in [0.1, 0.15) is 31.4 Å². The standard InChI is InChI=1S/C28H28N6O/c1-4-6-25-24-11-12-34(17-19(2)3)26(24)9-10-27(25)35-18-20-7-5-8-21(13-20)22-14-23(16-29-15-22)28-30-32-33-31-28/h5,7-16H,2,4,6,17-18H2,1,3H3,(H,30,31,32,33). The van der Waals surface area contributed by atoms with Gasteiger partial charge in [0.15, 0.2) is 5.82 Å². The van der Waals surface area contributed by atoms with E-state index in [1.165, 1.54) is 16.5 Å². The minimum Gasteiger partial charge on any atom is -0.489 e. The first-order chi connectivity index (χ1) is 17.1. The molecule has 0 amide bonds. The second-order valence-corrected chi connectivity index (χ2v) is 8.83. The number of nitrogens with one attached hydrogen (secondary N) is 1. The predicted molar refractivity (Wildman–Crippen MR) is 138 cm³/mol. The molecule has 3 aromatic heterocycles. The van der Waals surface area contributed by atoms with Gasteiger partial charge in [-0.05, 0) is 65.2 Å². The first kappa shape index (κ1) is 22.5. The molecule has 0 aliphatic heterocycles. The number of aryl methyl sites for hydroxylation is 1. The summed E-state index contributed by atoms with van der Waals surface area (Å²) in [6, 6.07) is 16.8. The summed E-state index contributed by atoms with van der Waals surface area (Å²) < 4.78 is 8.62. The van der Waals surface area contributed by atoms with Crippen LogP contribution in [0.3, 0.4) is 0 Å². The molecule has 0 unspecified atom stereocenters. The maximum Gasteiger partial charge on any atom is 0.180 e. The summed E-state index contributed by atoms with van der Waals surface area (Å²) in [6.07, 6.45) is 7.76. The number of H-pyrrole nitrogens is 1. The van der Waals surface area contributed by atoms with Gasteiger partial charge in [-0.15, -0.1) is 5.10 Å². The molecule has 3 heterocycles. The quantitative estimate of drug-likeness (QED) is 0.271. The van der Waals surface area contributed by atoms with Crippen molar-refractivity contribution >= 4 is 10.9 Å². The molecule has 7 nitrogen and oxygen atoms in total. The minimum absolute atomic E-state index is 0.488. The van der Waals surface area contributed by atoms with Crippen LogP contribution >= 0.6 is 0 Å². The Bertz CT molecular complexity index is 1470. The van der Waals surface area contributed by atoms with Crippen LogP contribution in [0.2, 0.25) is 0 Å². The Morgan fingerprint density at radius 1 is 1.06 bits per heavy atom. The van der Waals surface area contributed by atoms with Crippen molar-refractivity contribution in [3.63, 3.8) is 0 Å². The van der Waals surface area contributed by atoms with Crippen molar-refractivity contribution in [2.45, 2.75) is 39.8 Å². The van der Waals surface area contributed by atoms with E-state index in [1.54, 1.807) is 6.20 Å². The third-order valence-electron chi connectivity index (χ3n) is 5.97. The molecule has 0 saturated heterocycles. The van der Waals surface area contributed by atoms with Gasteiger partial charge in [0.2, 0.25) is 0 Å². The fraction of sp³-hybridized carbons (Fsp3) is 0.214. The van der Waals surface area contributed by atoms with Crippen molar-refractivity contribution in [1.29, 1.82) is 0 Å². The van der Waals surface area contributed by atoms with Crippen LogP contribution in [0.4, 0.5) is 0 Å². The number of aromatic nitrogens is 6. The summed E-state index contributed by atoms with van der Waals surface area (Å²) in [5.74, 6) is 1.54. The van der Waals surface area contributed by atoms with E-state index in [-0.39, 0.29) is 0 Å². The lowest BCUT2D eigenvalue weighted by atomic mass is 10.0. The van der Waals surface area contributed by atoms with E-state index in [0.29, 0.717) is 12.4 Å². The summed E-state index contributed by atoms with van der Waals surface area (Å²) in [5, 5.41) is 15.3. The number of hydrogen-bond donors (Lipinski definition) is 1. The Labute approximate surface area is 204 Å². The highest BCUT2D eigenvalue weighted by molar-refractivity contribution is 5.86. The smallest absolute Gasteiger partial charge is 0.180 e. The highest BCUT2D eigenvalue weighted by Crippen LogP contribution is 2.31. The van der Waals surface area contributed by atoms with Crippen molar-refractivity contribution < 1.29 is 4.74 Å². The largest absolute Gasteiger partial charge is 0.489 e. The lowest BCUT2D eigenvalue weighted by Crippen LogP contribution is -2.01. The summed E-state index contributed by atoms with van der Waals surface area (Å²) in [6.45, 7) is 9.64. The van der Waals surface area contributed by atoms with Crippen LogP contribution < -0.4 is 4.74 Å². The number of ether oxygens (including phenoxy) is 1. The number of allylic oxidation sites excluding steroid dienone is 1. The van der Waals surface area contributed by atoms with E-state index in [1.807, 2.05) is 18.3 Å². The van der Waals surface area contributed by atoms with Crippen molar-refractivity contribution in [3.8, 4) is 28.3 Å². The summed E-state index contributed by atoms with van der Waals surface area (Å²) in [4.78, 5) is 4.37. The summed E-state index contributed by atoms with van der Waals surface area (Å²) >= 11 is 0. The lowest BCUT2D eigenvalue weighted by molar-refractivity contribution is 0.303. The average molecular weight is 465 g/mol. The maximum absolute atomic E-state index is 6.37. The number of tetrazole rings is 1. The van der Waals surface area contributed by atoms with Crippen molar-refractivity contribution in [1.82, 2.24) is 30.2 Å². The van der Waals surface area contributed by atoms with Gasteiger partial charge in [-0.3, -0.25) is 4.98 Å². The topological polar surface area (TPSA) is 81.5 Å². The van der Waals surface area contributed by atoms with Gasteiger partial charge in [0.05, 0.1) is 0 Å². The molecule has 1 N–H and O–H groups in total. The van der Waals surface area contributed by atoms with Gasteiger partial charge in [0.25, 0.3) is 0 Å². The molecule has 0 saturated carbocycles. The number of fused-ring (bicyclic) bond motifs is 1. The van der Waals surface area contributed by atoms with Crippen LogP contribution in [-0.2, 0) is 19.6 Å². The molecule has 5 aromatic rings. The highest BCUT2D eigenvalue weighted by Gasteiger charge is 2.12. The third-order valence-corrected chi connectivity index (χ3v) is 5.97. The Morgan fingerprint density at radius 3 is 2.74 bits per heavy atom. The number of benzene rings is 2. The molecule has 5 rings (SSSR count). The van der Waals surface area contributed by atoms with E-state index in [4.69, 9.17) is 4.74 Å². The van der Waals surface area contributed by atoms with E-state index in [0.717, 1.165) is 53.0 Å². The van der Waals surface area contributed by atoms with Crippen LogP contribution in [0.15, 0.2) is 79.3 Å². The van der Waals surface area contributed by atoms with Gasteiger partial charge in [-0.2, -0.15) is 0 Å². The molecule has 0 atom stereocenters. The van der Waals surface area contributed by atoms with Crippen LogP contribution in [0.25, 0.3) is 33.4 Å². The normalized spacial score (nSPS) is 11.1. The third kappa shape index (κ3) is 4.84. The Balaban J connectivity index is 1.39. The molecular formula is C28H28N6O. The molecular weight excluding hydrogens is 436 g/mol. The van der Waals surface area contributed by atoms with Gasteiger partial charge in [0, 0.05) is 52.7 Å². The maximum atomic E-state index is 6.37. The fourth-order valence-electron chi connectivity index (χ4n) is 4.40. The summed E-state index contributed by atoms with van der Waals surface area (Å²) in [7, 11) is 0. The Hall–Kier alpha value is -4.26. The SMILES string of the molecule is C=C(C)Cn1ccc2c(CCC)c(OCc3cccc(-c4cncc(-c5nnn[nH]5)c4)c3)ccc21. The molecule has 0 fully saturated rings. The molecule has 0 spiro atoms. The first-order valence-corrected chi connectivity index (χ1v) is 11.8. The van der Waals surface area contributed by atoms with Gasteiger partial charge in [-0.25, -0.2) is 5.10 Å². The molecule has 0 aliphatic rings. The minimum atomic E-state index is 0.488. The average Bonchev–Trinajstić information content (AvgIpc) is 3.55. The number of hydrogen-bond acceptors (Lipinski definition) is 5. The lowest BCUT2D eigenvalue weighted by Gasteiger charge is -2.14. The number of pyridine rings is 1. The van der Waals surface area contributed by atoms with E-state index >= 15 is 0 Å². The first-order valence-electron chi connectivity index (χ1n) is 11.8. The number of nitrogens with zero attached hydrogens (tertiary/aromatic N) is 5. The molecule has 2 aromatic carbocycles. The molecule has 0 radical (unpaired) electrons. The summed E-state index contributed by atoms with van der Waals surface area (Å²) in [5.41, 5.74) is 7.61. The Morgan fingerprint density at radius 2 is 1.94 bits per heavy atom. The van der Waals surface area contributed by atoms with E-state index in [2.05, 4.69) is 93.2 Å². The van der Waals surface area contributed by atoms with Crippen LogP contribution in [0.5, 0.6) is 5.75 Å². The fourth-order valence-corrected chi connectivity index (χ4v) is 4.40. The zero-order valence-electron chi connectivity index (χ0n) is 20.0. The molecule has 176 valence electrons. The van der Waals surface area contributed by atoms with Crippen LogP contribution in [-0.4, -0.2) is 30.2 Å². The molecule has 0 bridgehead atoms. The van der Waals surface area contributed by atoms with Crippen molar-refractivity contribution in [2.75, 3.05) is 0 Å². The zero-order chi connectivity index (χ0) is 24.2. The van der Waals surface area contributed by atoms with Crippen LogP contribution in [0, 0.1) is 0 Å². The predicted octanol–water partition coefficient (Wildman–Crippen LogP) is 5.99. The highest BCUT2D eigenvalue weighted by atomic mass is 16.5. The molecule has 0 aliphatic carbocycles. The van der Waals surface area contributed by atoms with Gasteiger partial charge < -0.3 is 9.30 Å². The molecule has 7 heteroatoms.